The molecule has 1 heterocycles. The van der Waals surface area contributed by atoms with Crippen molar-refractivity contribution in [3.63, 3.8) is 0 Å². The smallest absolute Gasteiger partial charge is 0.484 e. The number of furan rings is 1. The van der Waals surface area contributed by atoms with E-state index in [-0.39, 0.29) is 28.7 Å². The number of hydrogen-bond donors (Lipinski definition) is 2. The molecule has 9 nitrogen and oxygen atoms in total. The van der Waals surface area contributed by atoms with Crippen molar-refractivity contribution in [3.05, 3.63) is 53.6 Å². The van der Waals surface area contributed by atoms with E-state index in [1.165, 1.54) is 38.1 Å². The Labute approximate surface area is 308 Å². The number of esters is 1. The normalized spacial score (nSPS) is 14.4. The van der Waals surface area contributed by atoms with Gasteiger partial charge in [-0.3, -0.25) is 4.79 Å². The quantitative estimate of drug-likeness (QED) is 0.0496. The molecule has 1 aromatic heterocycles. The second-order valence-electron chi connectivity index (χ2n) is 14.0. The van der Waals surface area contributed by atoms with Crippen molar-refractivity contribution < 1.29 is 81.2 Å². The Morgan fingerprint density at radius 3 is 1.95 bits per heavy atom. The summed E-state index contributed by atoms with van der Waals surface area (Å²) in [5.41, 5.74) is 8.10. The van der Waals surface area contributed by atoms with Crippen LogP contribution < -0.4 is 16.2 Å². The highest BCUT2D eigenvalue weighted by atomic mass is 19.4. The van der Waals surface area contributed by atoms with Gasteiger partial charge >= 0.3 is 37.0 Å². The molecule has 0 aliphatic rings. The van der Waals surface area contributed by atoms with E-state index in [1.807, 2.05) is 6.92 Å². The minimum atomic E-state index is -6.00. The van der Waals surface area contributed by atoms with Crippen molar-refractivity contribution in [2.75, 3.05) is 13.2 Å². The zero-order valence-corrected chi connectivity index (χ0v) is 30.2. The highest BCUT2D eigenvalue weighted by Gasteiger charge is 2.57. The average molecular weight is 811 g/mol. The molecule has 1 atom stereocenters. The lowest BCUT2D eigenvalue weighted by Crippen LogP contribution is -2.51. The summed E-state index contributed by atoms with van der Waals surface area (Å²) in [7, 11) is 0. The van der Waals surface area contributed by atoms with E-state index in [2.05, 4.69) is 18.9 Å². The van der Waals surface area contributed by atoms with Gasteiger partial charge in [0.1, 0.15) is 17.1 Å². The molecule has 310 valence electrons. The van der Waals surface area contributed by atoms with Crippen LogP contribution in [0, 0.1) is 5.41 Å². The summed E-state index contributed by atoms with van der Waals surface area (Å²) in [5.74, 6) is -2.17. The van der Waals surface area contributed by atoms with Crippen molar-refractivity contribution in [1.29, 1.82) is 0 Å². The lowest BCUT2D eigenvalue weighted by Gasteiger charge is -2.34. The Bertz CT molecular complexity index is 1760. The molecule has 0 aliphatic heterocycles. The first-order chi connectivity index (χ1) is 24.9. The number of halogens is 11. The van der Waals surface area contributed by atoms with Crippen LogP contribution in [0.15, 0.2) is 46.9 Å². The number of benzene rings is 2. The monoisotopic (exact) mass is 810 g/mol. The molecule has 2 aromatic carbocycles. The number of ether oxygens (including phenoxy) is 5. The predicted octanol–water partition coefficient (Wildman–Crippen LogP) is 9.59. The largest absolute Gasteiger partial charge is 0.496 e. The molecule has 0 bridgehead atoms. The Morgan fingerprint density at radius 1 is 0.782 bits per heavy atom. The zero-order chi connectivity index (χ0) is 41.8. The minimum absolute atomic E-state index is 0.0114. The highest BCUT2D eigenvalue weighted by Crippen LogP contribution is 2.41. The molecule has 55 heavy (non-hydrogen) atoms. The number of alkyl halides is 11. The molecule has 4 N–H and O–H groups in total. The van der Waals surface area contributed by atoms with Crippen LogP contribution in [-0.4, -0.2) is 55.6 Å². The number of rotatable bonds is 20. The molecule has 0 saturated heterocycles. The number of carbonyl (C=O) groups is 1. The van der Waals surface area contributed by atoms with E-state index in [0.717, 1.165) is 31.0 Å². The van der Waals surface area contributed by atoms with Crippen LogP contribution in [0.25, 0.3) is 22.3 Å². The molecule has 0 saturated carbocycles. The zero-order valence-electron chi connectivity index (χ0n) is 30.2. The molecule has 0 amide bonds. The van der Waals surface area contributed by atoms with Crippen LogP contribution in [0.3, 0.4) is 0 Å². The molecule has 20 heteroatoms. The van der Waals surface area contributed by atoms with Gasteiger partial charge in [-0.2, -0.15) is 30.7 Å². The van der Waals surface area contributed by atoms with Crippen molar-refractivity contribution in [2.45, 2.75) is 109 Å². The third kappa shape index (κ3) is 13.8. The molecule has 3 rings (SSSR count). The summed E-state index contributed by atoms with van der Waals surface area (Å²) < 4.78 is 178. The van der Waals surface area contributed by atoms with Gasteiger partial charge in [-0.25, -0.2) is 14.2 Å². The standard InChI is InChI=1S/C35H41F11N2O7/c1-6-7-8-9-20-10-13-23(24(14-20)33(40,41)42)26-15-21-11-12-22(16-25(21)52-26)50-18-31(36,37)53-34(43,44)55-35(45,46)54-32(38,39)19-51-28(49)30(4,5)27(47)17-29(2,3)48/h10-16,27H,6-9,17-19,47-48H2,1-5H3. The summed E-state index contributed by atoms with van der Waals surface area (Å²) >= 11 is 0. The number of carbonyl (C=O) groups excluding carboxylic acids is 1. The lowest BCUT2D eigenvalue weighted by atomic mass is 9.79. The summed E-state index contributed by atoms with van der Waals surface area (Å²) in [6.07, 6.45) is -24.3. The van der Waals surface area contributed by atoms with Crippen molar-refractivity contribution in [3.8, 4) is 17.1 Å². The average Bonchev–Trinajstić information content (AvgIpc) is 3.43. The van der Waals surface area contributed by atoms with Gasteiger partial charge in [-0.15, -0.1) is 17.6 Å². The van der Waals surface area contributed by atoms with Crippen LogP contribution in [0.4, 0.5) is 48.3 Å². The molecule has 0 radical (unpaired) electrons. The van der Waals surface area contributed by atoms with Crippen molar-refractivity contribution >= 4 is 16.9 Å². The Hall–Kier alpha value is -3.72. The maximum Gasteiger partial charge on any atom is 0.496 e. The highest BCUT2D eigenvalue weighted by molar-refractivity contribution is 5.84. The number of unbranched alkanes of at least 4 members (excludes halogenated alkanes) is 2. The summed E-state index contributed by atoms with van der Waals surface area (Å²) in [5, 5.41) is 0.196. The maximum atomic E-state index is 14.3. The Balaban J connectivity index is 1.63. The Kier molecular flexibility index (Phi) is 13.9. The summed E-state index contributed by atoms with van der Waals surface area (Å²) in [6.45, 7) is 3.07. The first-order valence-corrected chi connectivity index (χ1v) is 16.6. The number of fused-ring (bicyclic) bond motifs is 1. The minimum Gasteiger partial charge on any atom is -0.484 e. The number of hydrogen-bond acceptors (Lipinski definition) is 9. The number of aryl methyl sites for hydroxylation is 1. The molecule has 0 spiro atoms. The van der Waals surface area contributed by atoms with E-state index < -0.39 is 78.5 Å². The van der Waals surface area contributed by atoms with Crippen LogP contribution in [0.2, 0.25) is 0 Å². The van der Waals surface area contributed by atoms with Gasteiger partial charge in [0.25, 0.3) is 0 Å². The summed E-state index contributed by atoms with van der Waals surface area (Å²) in [6, 6.07) is 7.05. The third-order valence-electron chi connectivity index (χ3n) is 7.97. The fourth-order valence-electron chi connectivity index (χ4n) is 5.07. The molecular formula is C35H41F11N2O7. The molecular weight excluding hydrogens is 769 g/mol. The van der Waals surface area contributed by atoms with Crippen LogP contribution in [-0.2, 0) is 36.3 Å². The number of nitrogens with two attached hydrogens (primary N) is 2. The van der Waals surface area contributed by atoms with Gasteiger partial charge in [0.2, 0.25) is 0 Å². The predicted molar refractivity (Wildman–Crippen MR) is 174 cm³/mol. The second-order valence-corrected chi connectivity index (χ2v) is 14.0. The van der Waals surface area contributed by atoms with Gasteiger partial charge < -0.3 is 25.4 Å². The van der Waals surface area contributed by atoms with Gasteiger partial charge in [-0.05, 0) is 76.8 Å². The van der Waals surface area contributed by atoms with Gasteiger partial charge in [-0.1, -0.05) is 31.9 Å². The molecule has 0 fully saturated rings. The third-order valence-corrected chi connectivity index (χ3v) is 7.97. The second kappa shape index (κ2) is 16.8. The van der Waals surface area contributed by atoms with Gasteiger partial charge in [0.15, 0.2) is 13.2 Å². The fraction of sp³-hybridized carbons (Fsp3) is 0.571. The van der Waals surface area contributed by atoms with Crippen molar-refractivity contribution in [1.82, 2.24) is 0 Å². The first kappa shape index (κ1) is 45.7. The molecule has 1 unspecified atom stereocenters. The molecule has 3 aromatic rings. The first-order valence-electron chi connectivity index (χ1n) is 16.6. The van der Waals surface area contributed by atoms with E-state index in [4.69, 9.17) is 20.6 Å². The maximum absolute atomic E-state index is 14.3. The van der Waals surface area contributed by atoms with E-state index in [9.17, 15) is 53.1 Å². The van der Waals surface area contributed by atoms with E-state index in [1.54, 1.807) is 13.8 Å². The summed E-state index contributed by atoms with van der Waals surface area (Å²) in [4.78, 5) is 12.3. The topological polar surface area (TPSA) is 128 Å². The SMILES string of the molecule is CCCCCc1ccc(-c2cc3ccc(OCC(F)(F)OC(F)(F)OC(F)(F)OC(F)(F)COC(=O)C(C)(C)C(N)CC(C)(C)N)cc3o2)c(C(F)(F)F)c1. The van der Waals surface area contributed by atoms with Crippen LogP contribution in [0.1, 0.15) is 71.4 Å². The van der Waals surface area contributed by atoms with Crippen LogP contribution >= 0.6 is 0 Å². The van der Waals surface area contributed by atoms with E-state index >= 15 is 0 Å². The van der Waals surface area contributed by atoms with E-state index in [0.29, 0.717) is 18.4 Å². The van der Waals surface area contributed by atoms with Gasteiger partial charge in [0, 0.05) is 28.6 Å². The lowest BCUT2D eigenvalue weighted by molar-refractivity contribution is -0.574. The van der Waals surface area contributed by atoms with Crippen LogP contribution in [0.5, 0.6) is 5.75 Å². The van der Waals surface area contributed by atoms with Gasteiger partial charge in [0.05, 0.1) is 11.0 Å². The molecule has 0 aliphatic carbocycles. The Morgan fingerprint density at radius 2 is 1.38 bits per heavy atom. The van der Waals surface area contributed by atoms with Crippen molar-refractivity contribution in [2.24, 2.45) is 16.9 Å². The fourth-order valence-corrected chi connectivity index (χ4v) is 5.07.